The third-order valence-corrected chi connectivity index (χ3v) is 4.23. The Labute approximate surface area is 119 Å². The average Bonchev–Trinajstić information content (AvgIpc) is 2.82. The van der Waals surface area contributed by atoms with Gasteiger partial charge in [-0.25, -0.2) is 4.98 Å². The van der Waals surface area contributed by atoms with Gasteiger partial charge in [0.15, 0.2) is 0 Å². The van der Waals surface area contributed by atoms with Crippen molar-refractivity contribution in [3.63, 3.8) is 0 Å². The molecule has 0 saturated carbocycles. The molecule has 1 atom stereocenters. The van der Waals surface area contributed by atoms with E-state index in [9.17, 15) is 0 Å². The number of nitrogens with zero attached hydrogens (tertiary/aromatic N) is 2. The van der Waals surface area contributed by atoms with E-state index in [1.54, 1.807) is 11.3 Å². The smallest absolute Gasteiger partial charge is 0.0798 e. The van der Waals surface area contributed by atoms with Gasteiger partial charge in [-0.05, 0) is 26.0 Å². The average molecular weight is 275 g/mol. The molecule has 0 amide bonds. The Balaban J connectivity index is 1.81. The second kappa shape index (κ2) is 6.80. The van der Waals surface area contributed by atoms with Gasteiger partial charge in [0.25, 0.3) is 0 Å². The first-order valence-electron chi connectivity index (χ1n) is 6.55. The Morgan fingerprint density at radius 3 is 2.68 bits per heavy atom. The lowest BCUT2D eigenvalue weighted by molar-refractivity contribution is 0.313. The summed E-state index contributed by atoms with van der Waals surface area (Å²) < 4.78 is 0. The maximum absolute atomic E-state index is 6.21. The number of hydrogen-bond acceptors (Lipinski definition) is 4. The van der Waals surface area contributed by atoms with Gasteiger partial charge in [0, 0.05) is 24.0 Å². The maximum Gasteiger partial charge on any atom is 0.0798 e. The van der Waals surface area contributed by atoms with Gasteiger partial charge in [0.2, 0.25) is 0 Å². The fraction of sp³-hybridized carbons (Fsp3) is 0.400. The molecule has 2 rings (SSSR count). The van der Waals surface area contributed by atoms with Crippen LogP contribution in [0.4, 0.5) is 0 Å². The lowest BCUT2D eigenvalue weighted by Crippen LogP contribution is -2.23. The van der Waals surface area contributed by atoms with Crippen LogP contribution in [0.3, 0.4) is 0 Å². The van der Waals surface area contributed by atoms with Gasteiger partial charge in [-0.1, -0.05) is 30.3 Å². The van der Waals surface area contributed by atoms with E-state index in [1.807, 2.05) is 23.7 Å². The minimum atomic E-state index is 0.117. The molecule has 0 spiro atoms. The number of rotatable bonds is 6. The molecule has 1 aromatic carbocycles. The van der Waals surface area contributed by atoms with Crippen molar-refractivity contribution in [3.05, 3.63) is 52.0 Å². The lowest BCUT2D eigenvalue weighted by atomic mass is 10.0. The van der Waals surface area contributed by atoms with Crippen LogP contribution in [0.2, 0.25) is 0 Å². The summed E-state index contributed by atoms with van der Waals surface area (Å²) in [5, 5.41) is 0. The molecule has 102 valence electrons. The number of benzene rings is 1. The molecular formula is C15H21N3S. The summed E-state index contributed by atoms with van der Waals surface area (Å²) in [5.74, 6) is 0. The molecule has 0 aliphatic heterocycles. The van der Waals surface area contributed by atoms with Crippen molar-refractivity contribution in [1.82, 2.24) is 9.88 Å². The normalized spacial score (nSPS) is 12.8. The molecule has 1 aromatic heterocycles. The summed E-state index contributed by atoms with van der Waals surface area (Å²) >= 11 is 1.72. The molecule has 0 radical (unpaired) electrons. The minimum Gasteiger partial charge on any atom is -0.324 e. The van der Waals surface area contributed by atoms with Gasteiger partial charge < -0.3 is 10.6 Å². The molecule has 3 nitrogen and oxygen atoms in total. The second-order valence-electron chi connectivity index (χ2n) is 4.90. The van der Waals surface area contributed by atoms with Crippen molar-refractivity contribution >= 4 is 11.3 Å². The van der Waals surface area contributed by atoms with Crippen LogP contribution in [0.1, 0.15) is 28.6 Å². The Morgan fingerprint density at radius 1 is 1.32 bits per heavy atom. The van der Waals surface area contributed by atoms with E-state index in [2.05, 4.69) is 36.0 Å². The van der Waals surface area contributed by atoms with Crippen molar-refractivity contribution in [2.75, 3.05) is 13.6 Å². The van der Waals surface area contributed by atoms with Gasteiger partial charge >= 0.3 is 0 Å². The fourth-order valence-electron chi connectivity index (χ4n) is 2.03. The van der Waals surface area contributed by atoms with Crippen LogP contribution in [0.5, 0.6) is 0 Å². The first-order valence-corrected chi connectivity index (χ1v) is 7.43. The lowest BCUT2D eigenvalue weighted by Gasteiger charge is -2.19. The van der Waals surface area contributed by atoms with E-state index in [4.69, 9.17) is 5.73 Å². The van der Waals surface area contributed by atoms with Crippen molar-refractivity contribution in [2.24, 2.45) is 5.73 Å². The van der Waals surface area contributed by atoms with Gasteiger partial charge in [-0.2, -0.15) is 0 Å². The zero-order chi connectivity index (χ0) is 13.7. The number of aromatic nitrogens is 1. The van der Waals surface area contributed by atoms with Crippen molar-refractivity contribution in [3.8, 4) is 0 Å². The van der Waals surface area contributed by atoms with Crippen LogP contribution in [0.15, 0.2) is 35.8 Å². The van der Waals surface area contributed by atoms with Crippen molar-refractivity contribution < 1.29 is 0 Å². The second-order valence-corrected chi connectivity index (χ2v) is 5.84. The molecule has 0 saturated heterocycles. The standard InChI is InChI=1S/C15H21N3S/c1-12-15(19-11-17-12)10-18(2)9-8-14(16)13-6-4-3-5-7-13/h3-7,11,14H,8-10,16H2,1-2H3. The van der Waals surface area contributed by atoms with Gasteiger partial charge in [0.05, 0.1) is 11.2 Å². The Hall–Kier alpha value is -1.23. The zero-order valence-electron chi connectivity index (χ0n) is 11.5. The molecule has 0 bridgehead atoms. The minimum absolute atomic E-state index is 0.117. The van der Waals surface area contributed by atoms with Crippen LogP contribution >= 0.6 is 11.3 Å². The summed E-state index contributed by atoms with van der Waals surface area (Å²) in [6.45, 7) is 4.01. The molecule has 0 fully saturated rings. The first-order chi connectivity index (χ1) is 9.16. The molecule has 4 heteroatoms. The Bertz CT molecular complexity index is 495. The van der Waals surface area contributed by atoms with Gasteiger partial charge in [-0.3, -0.25) is 0 Å². The first kappa shape index (κ1) is 14.2. The van der Waals surface area contributed by atoms with E-state index >= 15 is 0 Å². The highest BCUT2D eigenvalue weighted by atomic mass is 32.1. The van der Waals surface area contributed by atoms with E-state index in [1.165, 1.54) is 10.4 Å². The zero-order valence-corrected chi connectivity index (χ0v) is 12.4. The Morgan fingerprint density at radius 2 is 2.05 bits per heavy atom. The van der Waals surface area contributed by atoms with Crippen LogP contribution in [0.25, 0.3) is 0 Å². The topological polar surface area (TPSA) is 42.2 Å². The molecule has 1 unspecified atom stereocenters. The van der Waals surface area contributed by atoms with E-state index in [0.717, 1.165) is 25.2 Å². The largest absolute Gasteiger partial charge is 0.324 e. The highest BCUT2D eigenvalue weighted by Crippen LogP contribution is 2.17. The van der Waals surface area contributed by atoms with Crippen molar-refractivity contribution in [2.45, 2.75) is 25.9 Å². The number of thiazole rings is 1. The maximum atomic E-state index is 6.21. The van der Waals surface area contributed by atoms with Crippen LogP contribution in [-0.4, -0.2) is 23.5 Å². The highest BCUT2D eigenvalue weighted by molar-refractivity contribution is 7.09. The molecule has 2 aromatic rings. The molecule has 19 heavy (non-hydrogen) atoms. The monoisotopic (exact) mass is 275 g/mol. The summed E-state index contributed by atoms with van der Waals surface area (Å²) in [5.41, 5.74) is 10.5. The Kier molecular flexibility index (Phi) is 5.07. The van der Waals surface area contributed by atoms with Crippen LogP contribution in [-0.2, 0) is 6.54 Å². The molecule has 0 aliphatic carbocycles. The van der Waals surface area contributed by atoms with Crippen LogP contribution < -0.4 is 5.73 Å². The number of nitrogens with two attached hydrogens (primary N) is 1. The van der Waals surface area contributed by atoms with Crippen molar-refractivity contribution in [1.29, 1.82) is 0 Å². The third-order valence-electron chi connectivity index (χ3n) is 3.31. The SMILES string of the molecule is Cc1ncsc1CN(C)CCC(N)c1ccccc1. The molecule has 2 N–H and O–H groups in total. The number of aryl methyl sites for hydroxylation is 1. The molecule has 1 heterocycles. The van der Waals surface area contributed by atoms with Gasteiger partial charge in [0.1, 0.15) is 0 Å². The quantitative estimate of drug-likeness (QED) is 0.881. The fourth-order valence-corrected chi connectivity index (χ4v) is 2.88. The highest BCUT2D eigenvalue weighted by Gasteiger charge is 2.09. The predicted octanol–water partition coefficient (Wildman–Crippen LogP) is 2.97. The van der Waals surface area contributed by atoms with E-state index in [0.29, 0.717) is 0 Å². The van der Waals surface area contributed by atoms with Gasteiger partial charge in [-0.15, -0.1) is 11.3 Å². The molecule has 0 aliphatic rings. The van der Waals surface area contributed by atoms with Crippen LogP contribution in [0, 0.1) is 6.92 Å². The predicted molar refractivity (Wildman–Crippen MR) is 81.2 cm³/mol. The number of hydrogen-bond donors (Lipinski definition) is 1. The summed E-state index contributed by atoms with van der Waals surface area (Å²) in [6, 6.07) is 10.4. The van der Waals surface area contributed by atoms with E-state index < -0.39 is 0 Å². The molecular weight excluding hydrogens is 254 g/mol. The summed E-state index contributed by atoms with van der Waals surface area (Å²) in [4.78, 5) is 7.93. The third kappa shape index (κ3) is 4.13. The summed E-state index contributed by atoms with van der Waals surface area (Å²) in [6.07, 6.45) is 0.971. The summed E-state index contributed by atoms with van der Waals surface area (Å²) in [7, 11) is 2.14. The van der Waals surface area contributed by atoms with E-state index in [-0.39, 0.29) is 6.04 Å².